The van der Waals surface area contributed by atoms with Crippen molar-refractivity contribution < 1.29 is 19.2 Å². The molecule has 0 radical (unpaired) electrons. The second-order valence-corrected chi connectivity index (χ2v) is 5.47. The number of ether oxygens (including phenoxy) is 1. The van der Waals surface area contributed by atoms with E-state index in [1.807, 2.05) is 20.8 Å². The molecule has 0 fully saturated rings. The molecule has 1 unspecified atom stereocenters. The Kier molecular flexibility index (Phi) is 5.63. The van der Waals surface area contributed by atoms with E-state index in [4.69, 9.17) is 9.26 Å². The molecular weight excluding hydrogens is 308 g/mol. The maximum Gasteiger partial charge on any atom is 0.244 e. The summed E-state index contributed by atoms with van der Waals surface area (Å²) in [5, 5.41) is 16.6. The average Bonchev–Trinajstić information content (AvgIpc) is 2.90. The molecule has 0 aliphatic heterocycles. The standard InChI is InChI=1S/C18H22N2O4/c1-5-14(18-11(2)20-24-12(18)3)19-17(22)9-7-13-6-8-16(23-4)15(21)10-13/h6-10,14,21H,5H2,1-4H3,(H,19,22). The molecule has 0 saturated carbocycles. The number of methoxy groups -OCH3 is 1. The number of aromatic nitrogens is 1. The Morgan fingerprint density at radius 1 is 1.46 bits per heavy atom. The van der Waals surface area contributed by atoms with E-state index in [9.17, 15) is 9.90 Å². The van der Waals surface area contributed by atoms with Crippen LogP contribution in [0.4, 0.5) is 0 Å². The Morgan fingerprint density at radius 2 is 2.21 bits per heavy atom. The summed E-state index contributed by atoms with van der Waals surface area (Å²) in [4.78, 5) is 12.2. The molecule has 1 aromatic carbocycles. The molecule has 0 bridgehead atoms. The first-order valence-corrected chi connectivity index (χ1v) is 7.74. The number of aromatic hydroxyl groups is 1. The maximum atomic E-state index is 12.2. The normalized spacial score (nSPS) is 12.3. The lowest BCUT2D eigenvalue weighted by molar-refractivity contribution is -0.117. The predicted octanol–water partition coefficient (Wildman–Crippen LogP) is 3.29. The number of carbonyl (C=O) groups excluding carboxylic acids is 1. The topological polar surface area (TPSA) is 84.6 Å². The molecule has 0 spiro atoms. The first-order valence-electron chi connectivity index (χ1n) is 7.74. The second kappa shape index (κ2) is 7.68. The molecule has 0 saturated heterocycles. The third kappa shape index (κ3) is 3.95. The number of benzene rings is 1. The summed E-state index contributed by atoms with van der Waals surface area (Å²) in [5.74, 6) is 0.907. The van der Waals surface area contributed by atoms with Crippen molar-refractivity contribution in [1.82, 2.24) is 10.5 Å². The van der Waals surface area contributed by atoms with Crippen LogP contribution in [-0.2, 0) is 4.79 Å². The van der Waals surface area contributed by atoms with E-state index in [0.717, 1.165) is 17.7 Å². The van der Waals surface area contributed by atoms with Gasteiger partial charge in [0.25, 0.3) is 0 Å². The largest absolute Gasteiger partial charge is 0.504 e. The molecule has 1 amide bonds. The van der Waals surface area contributed by atoms with Crippen LogP contribution in [0.3, 0.4) is 0 Å². The fourth-order valence-corrected chi connectivity index (χ4v) is 2.57. The van der Waals surface area contributed by atoms with Crippen LogP contribution < -0.4 is 10.1 Å². The van der Waals surface area contributed by atoms with Crippen LogP contribution >= 0.6 is 0 Å². The molecule has 2 rings (SSSR count). The van der Waals surface area contributed by atoms with E-state index >= 15 is 0 Å². The van der Waals surface area contributed by atoms with Crippen LogP contribution in [0.5, 0.6) is 11.5 Å². The van der Waals surface area contributed by atoms with Gasteiger partial charge < -0.3 is 19.7 Å². The Balaban J connectivity index is 2.07. The monoisotopic (exact) mass is 330 g/mol. The number of carbonyl (C=O) groups is 1. The van der Waals surface area contributed by atoms with Gasteiger partial charge in [0.05, 0.1) is 18.8 Å². The first kappa shape index (κ1) is 17.6. The number of nitrogens with one attached hydrogen (secondary N) is 1. The van der Waals surface area contributed by atoms with Gasteiger partial charge in [0.2, 0.25) is 5.91 Å². The van der Waals surface area contributed by atoms with Crippen molar-refractivity contribution in [2.75, 3.05) is 7.11 Å². The Morgan fingerprint density at radius 3 is 2.75 bits per heavy atom. The van der Waals surface area contributed by atoms with Crippen molar-refractivity contribution >= 4 is 12.0 Å². The van der Waals surface area contributed by atoms with Gasteiger partial charge in [-0.25, -0.2) is 0 Å². The summed E-state index contributed by atoms with van der Waals surface area (Å²) in [7, 11) is 1.48. The summed E-state index contributed by atoms with van der Waals surface area (Å²) in [6.45, 7) is 5.68. The lowest BCUT2D eigenvalue weighted by Gasteiger charge is -2.15. The Hall–Kier alpha value is -2.76. The quantitative estimate of drug-likeness (QED) is 0.794. The second-order valence-electron chi connectivity index (χ2n) is 5.47. The lowest BCUT2D eigenvalue weighted by atomic mass is 10.0. The summed E-state index contributed by atoms with van der Waals surface area (Å²) in [6, 6.07) is 4.78. The minimum atomic E-state index is -0.225. The van der Waals surface area contributed by atoms with Gasteiger partial charge in [-0.15, -0.1) is 0 Å². The number of phenolic OH excluding ortho intramolecular Hbond substituents is 1. The molecule has 6 nitrogen and oxygen atoms in total. The molecule has 1 aromatic heterocycles. The van der Waals surface area contributed by atoms with Crippen molar-refractivity contribution in [2.45, 2.75) is 33.2 Å². The summed E-state index contributed by atoms with van der Waals surface area (Å²) < 4.78 is 10.2. The van der Waals surface area contributed by atoms with E-state index in [1.54, 1.807) is 18.2 Å². The number of amides is 1. The molecule has 6 heteroatoms. The zero-order chi connectivity index (χ0) is 17.7. The molecule has 2 N–H and O–H groups in total. The van der Waals surface area contributed by atoms with Crippen LogP contribution in [0.25, 0.3) is 6.08 Å². The molecule has 1 atom stereocenters. The van der Waals surface area contributed by atoms with E-state index < -0.39 is 0 Å². The molecule has 0 aliphatic rings. The highest BCUT2D eigenvalue weighted by atomic mass is 16.5. The smallest absolute Gasteiger partial charge is 0.244 e. The number of nitrogens with zero attached hydrogens (tertiary/aromatic N) is 1. The highest BCUT2D eigenvalue weighted by Crippen LogP contribution is 2.27. The van der Waals surface area contributed by atoms with Gasteiger partial charge >= 0.3 is 0 Å². The molecule has 0 aliphatic carbocycles. The minimum absolute atomic E-state index is 0.0298. The zero-order valence-electron chi connectivity index (χ0n) is 14.3. The number of hydrogen-bond donors (Lipinski definition) is 2. The third-order valence-corrected chi connectivity index (χ3v) is 3.79. The van der Waals surface area contributed by atoms with Gasteiger partial charge in [0, 0.05) is 11.6 Å². The van der Waals surface area contributed by atoms with Crippen molar-refractivity contribution in [1.29, 1.82) is 0 Å². The van der Waals surface area contributed by atoms with Gasteiger partial charge in [-0.3, -0.25) is 4.79 Å². The summed E-state index contributed by atoms with van der Waals surface area (Å²) in [6.07, 6.45) is 3.79. The van der Waals surface area contributed by atoms with E-state index in [-0.39, 0.29) is 17.7 Å². The van der Waals surface area contributed by atoms with Crippen molar-refractivity contribution in [2.24, 2.45) is 0 Å². The summed E-state index contributed by atoms with van der Waals surface area (Å²) >= 11 is 0. The first-order chi connectivity index (χ1) is 11.5. The SMILES string of the molecule is CCC(NC(=O)C=Cc1ccc(OC)c(O)c1)c1c(C)noc1C. The minimum Gasteiger partial charge on any atom is -0.504 e. The van der Waals surface area contributed by atoms with E-state index in [2.05, 4.69) is 10.5 Å². The van der Waals surface area contributed by atoms with Crippen molar-refractivity contribution in [3.63, 3.8) is 0 Å². The van der Waals surface area contributed by atoms with Gasteiger partial charge in [-0.1, -0.05) is 18.1 Å². The molecule has 24 heavy (non-hydrogen) atoms. The van der Waals surface area contributed by atoms with Gasteiger partial charge in [0.15, 0.2) is 11.5 Å². The lowest BCUT2D eigenvalue weighted by Crippen LogP contribution is -2.27. The van der Waals surface area contributed by atoms with E-state index in [1.165, 1.54) is 19.3 Å². The van der Waals surface area contributed by atoms with Gasteiger partial charge in [-0.05, 0) is 44.0 Å². The van der Waals surface area contributed by atoms with Gasteiger partial charge in [0.1, 0.15) is 5.76 Å². The average molecular weight is 330 g/mol. The number of rotatable bonds is 6. The molecule has 2 aromatic rings. The zero-order valence-corrected chi connectivity index (χ0v) is 14.3. The number of phenols is 1. The maximum absolute atomic E-state index is 12.2. The van der Waals surface area contributed by atoms with Gasteiger partial charge in [-0.2, -0.15) is 0 Å². The predicted molar refractivity (Wildman–Crippen MR) is 90.8 cm³/mol. The van der Waals surface area contributed by atoms with Crippen molar-refractivity contribution in [3.05, 3.63) is 46.9 Å². The summed E-state index contributed by atoms with van der Waals surface area (Å²) in [5.41, 5.74) is 2.40. The number of aryl methyl sites for hydroxylation is 2. The third-order valence-electron chi connectivity index (χ3n) is 3.79. The molecule has 1 heterocycles. The highest BCUT2D eigenvalue weighted by Gasteiger charge is 2.19. The highest BCUT2D eigenvalue weighted by molar-refractivity contribution is 5.92. The number of hydrogen-bond acceptors (Lipinski definition) is 5. The molecular formula is C18H22N2O4. The van der Waals surface area contributed by atoms with Crippen LogP contribution in [-0.4, -0.2) is 23.3 Å². The van der Waals surface area contributed by atoms with E-state index in [0.29, 0.717) is 17.1 Å². The fraction of sp³-hybridized carbons (Fsp3) is 0.333. The van der Waals surface area contributed by atoms with Crippen LogP contribution in [0, 0.1) is 13.8 Å². The van der Waals surface area contributed by atoms with Crippen LogP contribution in [0.2, 0.25) is 0 Å². The fourth-order valence-electron chi connectivity index (χ4n) is 2.57. The molecule has 128 valence electrons. The Labute approximate surface area is 141 Å². The van der Waals surface area contributed by atoms with Crippen LogP contribution in [0.1, 0.15) is 42.0 Å². The van der Waals surface area contributed by atoms with Crippen LogP contribution in [0.15, 0.2) is 28.8 Å². The van der Waals surface area contributed by atoms with Crippen molar-refractivity contribution in [3.8, 4) is 11.5 Å². The Bertz CT molecular complexity index is 730.